The van der Waals surface area contributed by atoms with Crippen LogP contribution in [0.2, 0.25) is 4.34 Å². The van der Waals surface area contributed by atoms with Crippen molar-refractivity contribution in [1.82, 2.24) is 4.90 Å². The van der Waals surface area contributed by atoms with E-state index in [2.05, 4.69) is 38.9 Å². The maximum Gasteiger partial charge on any atom is 0.0931 e. The van der Waals surface area contributed by atoms with Gasteiger partial charge in [0, 0.05) is 16.5 Å². The van der Waals surface area contributed by atoms with Gasteiger partial charge in [0.15, 0.2) is 0 Å². The van der Waals surface area contributed by atoms with Gasteiger partial charge < -0.3 is 10.6 Å². The largest absolute Gasteiger partial charge is 0.326 e. The van der Waals surface area contributed by atoms with Crippen molar-refractivity contribution < 1.29 is 0 Å². The third-order valence-corrected chi connectivity index (χ3v) is 4.36. The van der Waals surface area contributed by atoms with E-state index in [1.54, 1.807) is 11.3 Å². The molecule has 1 heterocycles. The van der Waals surface area contributed by atoms with E-state index in [1.807, 2.05) is 6.07 Å². The molecule has 0 saturated carbocycles. The Morgan fingerprint density at radius 1 is 1.47 bits per heavy atom. The van der Waals surface area contributed by atoms with Crippen LogP contribution in [-0.2, 0) is 6.42 Å². The summed E-state index contributed by atoms with van der Waals surface area (Å²) in [7, 11) is 4.11. The zero-order chi connectivity index (χ0) is 11.6. The number of hydrogen-bond donors (Lipinski definition) is 1. The third kappa shape index (κ3) is 3.18. The molecule has 0 aliphatic heterocycles. The third-order valence-electron chi connectivity index (χ3n) is 3.11. The number of halogens is 1. The van der Waals surface area contributed by atoms with Crippen LogP contribution in [0.15, 0.2) is 12.1 Å². The molecule has 0 bridgehead atoms. The first kappa shape index (κ1) is 13.0. The summed E-state index contributed by atoms with van der Waals surface area (Å²) in [5.74, 6) is 0. The van der Waals surface area contributed by atoms with Crippen molar-refractivity contribution in [2.75, 3.05) is 14.1 Å². The van der Waals surface area contributed by atoms with Crippen molar-refractivity contribution in [3.63, 3.8) is 0 Å². The average molecular weight is 247 g/mol. The molecule has 2 nitrogen and oxygen atoms in total. The van der Waals surface area contributed by atoms with Gasteiger partial charge in [0.2, 0.25) is 0 Å². The Labute approximate surface area is 101 Å². The lowest BCUT2D eigenvalue weighted by Crippen LogP contribution is -2.53. The Kier molecular flexibility index (Phi) is 4.18. The van der Waals surface area contributed by atoms with Crippen LogP contribution < -0.4 is 5.73 Å². The molecule has 0 spiro atoms. The van der Waals surface area contributed by atoms with Crippen LogP contribution in [0.5, 0.6) is 0 Å². The quantitative estimate of drug-likeness (QED) is 0.885. The Bertz CT molecular complexity index is 320. The predicted molar refractivity (Wildman–Crippen MR) is 68.8 cm³/mol. The molecule has 1 rings (SSSR count). The first-order valence-corrected chi connectivity index (χ1v) is 6.20. The minimum Gasteiger partial charge on any atom is -0.326 e. The fraction of sp³-hybridized carbons (Fsp3) is 0.636. The molecule has 1 unspecified atom stereocenters. The van der Waals surface area contributed by atoms with Crippen LogP contribution in [0.3, 0.4) is 0 Å². The topological polar surface area (TPSA) is 29.3 Å². The molecule has 1 aromatic rings. The average Bonchev–Trinajstić information content (AvgIpc) is 2.50. The Balaban J connectivity index is 2.67. The highest BCUT2D eigenvalue weighted by Gasteiger charge is 2.28. The van der Waals surface area contributed by atoms with Crippen LogP contribution in [0.25, 0.3) is 0 Å². The standard InChI is InChI=1S/C11H19ClN2S/c1-11(2,14(3)4)9(13)7-8-5-6-10(12)15-8/h5-6,9H,7,13H2,1-4H3. The van der Waals surface area contributed by atoms with Crippen LogP contribution in [0, 0.1) is 0 Å². The van der Waals surface area contributed by atoms with Gasteiger partial charge in [0.25, 0.3) is 0 Å². The summed E-state index contributed by atoms with van der Waals surface area (Å²) >= 11 is 7.50. The van der Waals surface area contributed by atoms with Crippen molar-refractivity contribution in [1.29, 1.82) is 0 Å². The van der Waals surface area contributed by atoms with Crippen LogP contribution in [-0.4, -0.2) is 30.6 Å². The van der Waals surface area contributed by atoms with E-state index < -0.39 is 0 Å². The van der Waals surface area contributed by atoms with Gasteiger partial charge in [-0.15, -0.1) is 11.3 Å². The SMILES string of the molecule is CN(C)C(C)(C)C(N)Cc1ccc(Cl)s1. The summed E-state index contributed by atoms with van der Waals surface area (Å²) < 4.78 is 0.833. The lowest BCUT2D eigenvalue weighted by Gasteiger charge is -2.38. The molecular weight excluding hydrogens is 228 g/mol. The van der Waals surface area contributed by atoms with Gasteiger partial charge in [-0.05, 0) is 46.5 Å². The molecule has 1 atom stereocenters. The number of likely N-dealkylation sites (N-methyl/N-ethyl adjacent to an activating group) is 1. The van der Waals surface area contributed by atoms with Crippen molar-refractivity contribution in [3.05, 3.63) is 21.3 Å². The summed E-state index contributed by atoms with van der Waals surface area (Å²) in [6.45, 7) is 4.32. The van der Waals surface area contributed by atoms with Crippen LogP contribution >= 0.6 is 22.9 Å². The first-order chi connectivity index (χ1) is 6.84. The van der Waals surface area contributed by atoms with E-state index in [0.717, 1.165) is 10.8 Å². The maximum absolute atomic E-state index is 6.22. The normalized spacial score (nSPS) is 14.6. The van der Waals surface area contributed by atoms with Gasteiger partial charge in [-0.2, -0.15) is 0 Å². The second-order valence-corrected chi connectivity index (χ2v) is 6.36. The Morgan fingerprint density at radius 2 is 2.07 bits per heavy atom. The number of nitrogens with zero attached hydrogens (tertiary/aromatic N) is 1. The fourth-order valence-corrected chi connectivity index (χ4v) is 2.41. The van der Waals surface area contributed by atoms with Crippen molar-refractivity contribution >= 4 is 22.9 Å². The molecule has 0 aliphatic carbocycles. The molecule has 0 saturated heterocycles. The van der Waals surface area contributed by atoms with Crippen molar-refractivity contribution in [3.8, 4) is 0 Å². The smallest absolute Gasteiger partial charge is 0.0931 e. The zero-order valence-electron chi connectivity index (χ0n) is 9.75. The molecule has 0 fully saturated rings. The van der Waals surface area contributed by atoms with Gasteiger partial charge in [-0.1, -0.05) is 11.6 Å². The second-order valence-electron chi connectivity index (χ2n) is 4.56. The van der Waals surface area contributed by atoms with Gasteiger partial charge >= 0.3 is 0 Å². The summed E-state index contributed by atoms with van der Waals surface area (Å²) in [6, 6.07) is 4.09. The Hall–Kier alpha value is -0.0900. The van der Waals surface area contributed by atoms with Crippen LogP contribution in [0.1, 0.15) is 18.7 Å². The number of thiophene rings is 1. The van der Waals surface area contributed by atoms with E-state index in [9.17, 15) is 0 Å². The highest BCUT2D eigenvalue weighted by Crippen LogP contribution is 2.25. The van der Waals surface area contributed by atoms with Gasteiger partial charge in [-0.25, -0.2) is 0 Å². The number of rotatable bonds is 4. The number of hydrogen-bond acceptors (Lipinski definition) is 3. The molecule has 1 aromatic heterocycles. The second kappa shape index (κ2) is 4.83. The van der Waals surface area contributed by atoms with Gasteiger partial charge in [0.1, 0.15) is 0 Å². The minimum atomic E-state index is -0.00351. The molecule has 0 aliphatic rings. The van der Waals surface area contributed by atoms with Gasteiger partial charge in [0.05, 0.1) is 4.34 Å². The molecule has 86 valence electrons. The molecule has 0 amide bonds. The monoisotopic (exact) mass is 246 g/mol. The van der Waals surface area contributed by atoms with E-state index in [4.69, 9.17) is 17.3 Å². The van der Waals surface area contributed by atoms with Crippen molar-refractivity contribution in [2.24, 2.45) is 5.73 Å². The lowest BCUT2D eigenvalue weighted by atomic mass is 9.91. The summed E-state index contributed by atoms with van der Waals surface area (Å²) in [4.78, 5) is 3.41. The van der Waals surface area contributed by atoms with E-state index in [1.165, 1.54) is 4.88 Å². The maximum atomic E-state index is 6.22. The van der Waals surface area contributed by atoms with E-state index in [-0.39, 0.29) is 11.6 Å². The lowest BCUT2D eigenvalue weighted by molar-refractivity contribution is 0.158. The van der Waals surface area contributed by atoms with Gasteiger partial charge in [-0.3, -0.25) is 0 Å². The Morgan fingerprint density at radius 3 is 2.47 bits per heavy atom. The summed E-state index contributed by atoms with van der Waals surface area (Å²) in [5.41, 5.74) is 6.21. The molecule has 0 radical (unpaired) electrons. The molecule has 0 aromatic carbocycles. The summed E-state index contributed by atoms with van der Waals surface area (Å²) in [5, 5.41) is 0. The first-order valence-electron chi connectivity index (χ1n) is 5.01. The number of nitrogens with two attached hydrogens (primary N) is 1. The van der Waals surface area contributed by atoms with E-state index in [0.29, 0.717) is 0 Å². The molecule has 2 N–H and O–H groups in total. The van der Waals surface area contributed by atoms with Crippen molar-refractivity contribution in [2.45, 2.75) is 31.8 Å². The van der Waals surface area contributed by atoms with E-state index >= 15 is 0 Å². The van der Waals surface area contributed by atoms with Crippen LogP contribution in [0.4, 0.5) is 0 Å². The molecule has 4 heteroatoms. The summed E-state index contributed by atoms with van der Waals surface area (Å²) in [6.07, 6.45) is 0.878. The highest BCUT2D eigenvalue weighted by molar-refractivity contribution is 7.16. The zero-order valence-corrected chi connectivity index (χ0v) is 11.3. The molecular formula is C11H19ClN2S. The fourth-order valence-electron chi connectivity index (χ4n) is 1.26. The predicted octanol–water partition coefficient (Wildman–Crippen LogP) is 2.61. The highest BCUT2D eigenvalue weighted by atomic mass is 35.5. The minimum absolute atomic E-state index is 0.00351. The molecule has 15 heavy (non-hydrogen) atoms.